The Bertz CT molecular complexity index is 746. The minimum Gasteiger partial charge on any atom is -0.468 e. The van der Waals surface area contributed by atoms with E-state index in [-0.39, 0.29) is 6.54 Å². The van der Waals surface area contributed by atoms with Gasteiger partial charge in [-0.15, -0.1) is 0 Å². The zero-order valence-corrected chi connectivity index (χ0v) is 13.7. The van der Waals surface area contributed by atoms with Gasteiger partial charge in [-0.25, -0.2) is 4.79 Å². The highest BCUT2D eigenvalue weighted by Crippen LogP contribution is 2.21. The predicted octanol–water partition coefficient (Wildman–Crippen LogP) is 1.88. The third-order valence-electron chi connectivity index (χ3n) is 3.19. The second-order valence-corrected chi connectivity index (χ2v) is 4.97. The molecule has 2 rings (SSSR count). The predicted molar refractivity (Wildman–Crippen MR) is 91.5 cm³/mol. The largest absolute Gasteiger partial charge is 0.468 e. The molecule has 0 atom stereocenters. The van der Waals surface area contributed by atoms with Crippen molar-refractivity contribution in [3.8, 4) is 0 Å². The van der Waals surface area contributed by atoms with E-state index in [4.69, 9.17) is 4.74 Å². The Morgan fingerprint density at radius 1 is 0.960 bits per heavy atom. The summed E-state index contributed by atoms with van der Waals surface area (Å²) in [5.41, 5.74) is 1.68. The van der Waals surface area contributed by atoms with Crippen LogP contribution in [-0.2, 0) is 19.1 Å². The molecule has 0 unspecified atom stereocenters. The molecule has 1 amide bonds. The van der Waals surface area contributed by atoms with E-state index in [1.165, 1.54) is 7.11 Å². The molecule has 130 valence electrons. The van der Waals surface area contributed by atoms with Crippen molar-refractivity contribution in [2.75, 3.05) is 25.6 Å². The summed E-state index contributed by atoms with van der Waals surface area (Å²) in [5.74, 6) is -1.82. The van der Waals surface area contributed by atoms with Crippen LogP contribution in [0.25, 0.3) is 0 Å². The van der Waals surface area contributed by atoms with E-state index in [1.807, 2.05) is 30.3 Å². The van der Waals surface area contributed by atoms with Gasteiger partial charge >= 0.3 is 11.9 Å². The molecule has 0 radical (unpaired) electrons. The van der Waals surface area contributed by atoms with Crippen molar-refractivity contribution < 1.29 is 23.9 Å². The molecular weight excluding hydrogens is 324 g/mol. The van der Waals surface area contributed by atoms with Crippen molar-refractivity contribution in [2.45, 2.75) is 0 Å². The van der Waals surface area contributed by atoms with Gasteiger partial charge in [-0.2, -0.15) is 0 Å². The smallest absolute Gasteiger partial charge is 0.340 e. The topological polar surface area (TPSA) is 93.7 Å². The maximum absolute atomic E-state index is 12.2. The fraction of sp³-hybridized carbons (Fsp3) is 0.167. The molecule has 0 heterocycles. The van der Waals surface area contributed by atoms with Gasteiger partial charge in [0, 0.05) is 5.69 Å². The Morgan fingerprint density at radius 2 is 1.64 bits per heavy atom. The number of ether oxygens (including phenoxy) is 2. The zero-order valence-electron chi connectivity index (χ0n) is 13.7. The van der Waals surface area contributed by atoms with E-state index in [1.54, 1.807) is 24.3 Å². The number of carbonyl (C=O) groups is 3. The normalized spacial score (nSPS) is 9.80. The van der Waals surface area contributed by atoms with E-state index in [0.717, 1.165) is 5.69 Å². The van der Waals surface area contributed by atoms with Crippen LogP contribution in [-0.4, -0.2) is 38.1 Å². The highest BCUT2D eigenvalue weighted by molar-refractivity contribution is 5.97. The first kappa shape index (κ1) is 18.0. The minimum atomic E-state index is -0.646. The first-order chi connectivity index (χ1) is 12.1. The van der Waals surface area contributed by atoms with Gasteiger partial charge in [0.2, 0.25) is 0 Å². The maximum Gasteiger partial charge on any atom is 0.340 e. The highest BCUT2D eigenvalue weighted by Gasteiger charge is 2.14. The van der Waals surface area contributed by atoms with Crippen LogP contribution in [0.3, 0.4) is 0 Å². The third-order valence-corrected chi connectivity index (χ3v) is 3.19. The second kappa shape index (κ2) is 9.07. The Labute approximate surface area is 144 Å². The van der Waals surface area contributed by atoms with Crippen LogP contribution in [0.15, 0.2) is 54.6 Å². The molecule has 0 aliphatic heterocycles. The van der Waals surface area contributed by atoms with Gasteiger partial charge in [-0.1, -0.05) is 30.3 Å². The number of methoxy groups -OCH3 is 1. The summed E-state index contributed by atoms with van der Waals surface area (Å²) in [6.45, 7) is -0.769. The van der Waals surface area contributed by atoms with Gasteiger partial charge in [0.1, 0.15) is 6.54 Å². The Kier molecular flexibility index (Phi) is 6.53. The van der Waals surface area contributed by atoms with E-state index in [9.17, 15) is 14.4 Å². The number of hydrogen-bond donors (Lipinski definition) is 2. The number of rotatable bonds is 7. The fourth-order valence-electron chi connectivity index (χ4n) is 1.95. The maximum atomic E-state index is 12.2. The number of nitrogens with one attached hydrogen (secondary N) is 2. The number of carbonyl (C=O) groups excluding carboxylic acids is 3. The van der Waals surface area contributed by atoms with Crippen molar-refractivity contribution in [3.63, 3.8) is 0 Å². The molecule has 0 saturated carbocycles. The van der Waals surface area contributed by atoms with Gasteiger partial charge in [-0.05, 0) is 24.3 Å². The van der Waals surface area contributed by atoms with E-state index in [0.29, 0.717) is 11.3 Å². The Balaban J connectivity index is 1.95. The van der Waals surface area contributed by atoms with Crippen molar-refractivity contribution in [1.29, 1.82) is 0 Å². The van der Waals surface area contributed by atoms with Crippen molar-refractivity contribution in [3.05, 3.63) is 60.2 Å². The molecule has 0 saturated heterocycles. The Morgan fingerprint density at radius 3 is 2.36 bits per heavy atom. The van der Waals surface area contributed by atoms with Crippen LogP contribution in [0.1, 0.15) is 10.4 Å². The summed E-state index contributed by atoms with van der Waals surface area (Å²) in [6.07, 6.45) is 0. The molecule has 2 N–H and O–H groups in total. The van der Waals surface area contributed by atoms with Crippen LogP contribution in [0, 0.1) is 0 Å². The lowest BCUT2D eigenvalue weighted by Gasteiger charge is -2.11. The quantitative estimate of drug-likeness (QED) is 0.746. The van der Waals surface area contributed by atoms with Crippen LogP contribution in [0.5, 0.6) is 0 Å². The molecule has 0 aromatic heterocycles. The first-order valence-corrected chi connectivity index (χ1v) is 7.52. The number of anilines is 2. The lowest BCUT2D eigenvalue weighted by atomic mass is 10.1. The summed E-state index contributed by atoms with van der Waals surface area (Å²) in [6, 6.07) is 16.2. The standard InChI is InChI=1S/C18H18N2O5/c1-24-17(22)11-19-16(21)12-25-18(23)14-9-5-6-10-15(14)20-13-7-3-2-4-8-13/h2-10,20H,11-12H2,1H3,(H,19,21). The average molecular weight is 342 g/mol. The molecule has 0 spiro atoms. The van der Waals surface area contributed by atoms with Crippen LogP contribution >= 0.6 is 0 Å². The summed E-state index contributed by atoms with van der Waals surface area (Å²) < 4.78 is 9.39. The Hall–Kier alpha value is -3.35. The van der Waals surface area contributed by atoms with Crippen molar-refractivity contribution in [1.82, 2.24) is 5.32 Å². The molecule has 2 aromatic carbocycles. The monoisotopic (exact) mass is 342 g/mol. The molecule has 7 heteroatoms. The van der Waals surface area contributed by atoms with Crippen molar-refractivity contribution in [2.24, 2.45) is 0 Å². The van der Waals surface area contributed by atoms with E-state index in [2.05, 4.69) is 15.4 Å². The van der Waals surface area contributed by atoms with Gasteiger partial charge in [0.05, 0.1) is 18.4 Å². The summed E-state index contributed by atoms with van der Waals surface area (Å²) >= 11 is 0. The molecule has 25 heavy (non-hydrogen) atoms. The molecule has 2 aromatic rings. The van der Waals surface area contributed by atoms with Crippen LogP contribution in [0.4, 0.5) is 11.4 Å². The van der Waals surface area contributed by atoms with Crippen LogP contribution < -0.4 is 10.6 Å². The number of benzene rings is 2. The minimum absolute atomic E-state index is 0.279. The van der Waals surface area contributed by atoms with Gasteiger partial charge in [0.25, 0.3) is 5.91 Å². The second-order valence-electron chi connectivity index (χ2n) is 4.97. The first-order valence-electron chi connectivity index (χ1n) is 7.52. The molecule has 0 fully saturated rings. The summed E-state index contributed by atoms with van der Waals surface area (Å²) in [5, 5.41) is 5.41. The zero-order chi connectivity index (χ0) is 18.1. The number of esters is 2. The molecule has 0 aliphatic carbocycles. The molecule has 0 bridgehead atoms. The molecule has 0 aliphatic rings. The van der Waals surface area contributed by atoms with Crippen molar-refractivity contribution >= 4 is 29.2 Å². The summed E-state index contributed by atoms with van der Waals surface area (Å²) in [4.78, 5) is 34.7. The van der Waals surface area contributed by atoms with Gasteiger partial charge in [0.15, 0.2) is 6.61 Å². The fourth-order valence-corrected chi connectivity index (χ4v) is 1.95. The van der Waals surface area contributed by atoms with E-state index < -0.39 is 24.5 Å². The molecule has 7 nitrogen and oxygen atoms in total. The van der Waals surface area contributed by atoms with Crippen LogP contribution in [0.2, 0.25) is 0 Å². The van der Waals surface area contributed by atoms with Gasteiger partial charge in [-0.3, -0.25) is 9.59 Å². The lowest BCUT2D eigenvalue weighted by molar-refractivity contribution is -0.141. The number of hydrogen-bond acceptors (Lipinski definition) is 6. The molecular formula is C18H18N2O5. The summed E-state index contributed by atoms with van der Waals surface area (Å²) in [7, 11) is 1.21. The number of para-hydroxylation sites is 2. The highest BCUT2D eigenvalue weighted by atomic mass is 16.5. The SMILES string of the molecule is COC(=O)CNC(=O)COC(=O)c1ccccc1Nc1ccccc1. The average Bonchev–Trinajstić information content (AvgIpc) is 2.65. The lowest BCUT2D eigenvalue weighted by Crippen LogP contribution is -2.33. The van der Waals surface area contributed by atoms with Gasteiger partial charge < -0.3 is 20.1 Å². The number of amides is 1. The third kappa shape index (κ3) is 5.65. The van der Waals surface area contributed by atoms with E-state index >= 15 is 0 Å².